The normalized spacial score (nSPS) is 11.5. The summed E-state index contributed by atoms with van der Waals surface area (Å²) in [6.45, 7) is 3.63. The zero-order valence-corrected chi connectivity index (χ0v) is 12.3. The summed E-state index contributed by atoms with van der Waals surface area (Å²) in [6, 6.07) is 6.82. The van der Waals surface area contributed by atoms with Gasteiger partial charge in [0.15, 0.2) is 0 Å². The highest BCUT2D eigenvalue weighted by atomic mass is 32.2. The standard InChI is InChI=1S/C13H18N4O2S/c1-3-14-8-11-4-6-13(7-5-11)20(18,19)16-12-9-15-17(2)10-12/h4-7,9-10,14,16H,3,8H2,1-2H3. The van der Waals surface area contributed by atoms with Crippen molar-refractivity contribution in [2.75, 3.05) is 11.3 Å². The molecular formula is C13H18N4O2S. The average Bonchev–Trinajstić information content (AvgIpc) is 2.81. The van der Waals surface area contributed by atoms with Gasteiger partial charge in [-0.05, 0) is 24.2 Å². The molecule has 1 aromatic carbocycles. The Balaban J connectivity index is 2.13. The molecule has 0 atom stereocenters. The lowest BCUT2D eigenvalue weighted by Crippen LogP contribution is -2.14. The van der Waals surface area contributed by atoms with Gasteiger partial charge in [-0.3, -0.25) is 9.40 Å². The number of aryl methyl sites for hydroxylation is 1. The van der Waals surface area contributed by atoms with Gasteiger partial charge < -0.3 is 5.32 Å². The molecule has 20 heavy (non-hydrogen) atoms. The molecule has 2 aromatic rings. The largest absolute Gasteiger partial charge is 0.313 e. The number of anilines is 1. The van der Waals surface area contributed by atoms with Crippen molar-refractivity contribution in [3.05, 3.63) is 42.2 Å². The fraction of sp³-hybridized carbons (Fsp3) is 0.308. The van der Waals surface area contributed by atoms with E-state index in [1.165, 1.54) is 10.9 Å². The summed E-state index contributed by atoms with van der Waals surface area (Å²) in [5.41, 5.74) is 1.50. The molecule has 0 aliphatic carbocycles. The van der Waals surface area contributed by atoms with Crippen LogP contribution in [-0.2, 0) is 23.6 Å². The van der Waals surface area contributed by atoms with Gasteiger partial charge in [0.2, 0.25) is 0 Å². The smallest absolute Gasteiger partial charge is 0.261 e. The predicted octanol–water partition coefficient (Wildman–Crippen LogP) is 1.33. The first kappa shape index (κ1) is 14.5. The average molecular weight is 294 g/mol. The second-order valence-corrected chi connectivity index (χ2v) is 6.11. The third-order valence-electron chi connectivity index (χ3n) is 2.77. The van der Waals surface area contributed by atoms with E-state index in [2.05, 4.69) is 15.1 Å². The Morgan fingerprint density at radius 1 is 1.25 bits per heavy atom. The van der Waals surface area contributed by atoms with Crippen molar-refractivity contribution >= 4 is 15.7 Å². The highest BCUT2D eigenvalue weighted by Gasteiger charge is 2.14. The Morgan fingerprint density at radius 3 is 2.50 bits per heavy atom. The lowest BCUT2D eigenvalue weighted by atomic mass is 10.2. The molecule has 0 unspecified atom stereocenters. The third kappa shape index (κ3) is 3.58. The number of nitrogens with zero attached hydrogens (tertiary/aromatic N) is 2. The highest BCUT2D eigenvalue weighted by molar-refractivity contribution is 7.92. The first-order chi connectivity index (χ1) is 9.51. The number of hydrogen-bond donors (Lipinski definition) is 2. The Bertz CT molecular complexity index is 662. The number of nitrogens with one attached hydrogen (secondary N) is 2. The van der Waals surface area contributed by atoms with E-state index in [0.29, 0.717) is 5.69 Å². The second kappa shape index (κ2) is 6.06. The molecule has 2 rings (SSSR count). The number of aromatic nitrogens is 2. The minimum absolute atomic E-state index is 0.238. The summed E-state index contributed by atoms with van der Waals surface area (Å²) in [5, 5.41) is 7.11. The maximum Gasteiger partial charge on any atom is 0.261 e. The van der Waals surface area contributed by atoms with Gasteiger partial charge in [-0.25, -0.2) is 8.42 Å². The molecule has 6 nitrogen and oxygen atoms in total. The van der Waals surface area contributed by atoms with Crippen LogP contribution in [0.3, 0.4) is 0 Å². The van der Waals surface area contributed by atoms with E-state index < -0.39 is 10.0 Å². The Labute approximate surface area is 118 Å². The van der Waals surface area contributed by atoms with Crippen LogP contribution in [0.2, 0.25) is 0 Å². The van der Waals surface area contributed by atoms with Gasteiger partial charge in [0.1, 0.15) is 0 Å². The monoisotopic (exact) mass is 294 g/mol. The number of benzene rings is 1. The van der Waals surface area contributed by atoms with Gasteiger partial charge in [0.05, 0.1) is 16.8 Å². The molecule has 0 radical (unpaired) electrons. The summed E-state index contributed by atoms with van der Waals surface area (Å²) in [4.78, 5) is 0.238. The van der Waals surface area contributed by atoms with Crippen LogP contribution in [0.25, 0.3) is 0 Å². The summed E-state index contributed by atoms with van der Waals surface area (Å²) < 4.78 is 28.4. The zero-order chi connectivity index (χ0) is 14.6. The van der Waals surface area contributed by atoms with E-state index in [9.17, 15) is 8.42 Å². The fourth-order valence-corrected chi connectivity index (χ4v) is 2.77. The molecule has 108 valence electrons. The van der Waals surface area contributed by atoms with Crippen LogP contribution in [0.4, 0.5) is 5.69 Å². The Morgan fingerprint density at radius 2 is 1.95 bits per heavy atom. The van der Waals surface area contributed by atoms with Crippen LogP contribution in [0.5, 0.6) is 0 Å². The lowest BCUT2D eigenvalue weighted by Gasteiger charge is -2.07. The number of sulfonamides is 1. The first-order valence-electron chi connectivity index (χ1n) is 6.32. The Kier molecular flexibility index (Phi) is 4.41. The Hall–Kier alpha value is -1.86. The van der Waals surface area contributed by atoms with Crippen molar-refractivity contribution in [2.24, 2.45) is 7.05 Å². The minimum Gasteiger partial charge on any atom is -0.313 e. The summed E-state index contributed by atoms with van der Waals surface area (Å²) in [6.07, 6.45) is 3.08. The summed E-state index contributed by atoms with van der Waals surface area (Å²) >= 11 is 0. The van der Waals surface area contributed by atoms with Gasteiger partial charge >= 0.3 is 0 Å². The third-order valence-corrected chi connectivity index (χ3v) is 4.17. The van der Waals surface area contributed by atoms with Crippen LogP contribution in [0.1, 0.15) is 12.5 Å². The summed E-state index contributed by atoms with van der Waals surface area (Å²) in [5.74, 6) is 0. The molecule has 0 saturated carbocycles. The van der Waals surface area contributed by atoms with Crippen LogP contribution in [0.15, 0.2) is 41.6 Å². The quantitative estimate of drug-likeness (QED) is 0.843. The molecule has 1 aromatic heterocycles. The molecule has 0 amide bonds. The topological polar surface area (TPSA) is 76.0 Å². The van der Waals surface area contributed by atoms with Crippen LogP contribution < -0.4 is 10.0 Å². The van der Waals surface area contributed by atoms with Crippen LogP contribution >= 0.6 is 0 Å². The van der Waals surface area contributed by atoms with Crippen molar-refractivity contribution in [1.82, 2.24) is 15.1 Å². The van der Waals surface area contributed by atoms with Crippen LogP contribution in [-0.4, -0.2) is 24.7 Å². The van der Waals surface area contributed by atoms with E-state index in [4.69, 9.17) is 0 Å². The second-order valence-electron chi connectivity index (χ2n) is 4.43. The van der Waals surface area contributed by atoms with Gasteiger partial charge in [0, 0.05) is 19.8 Å². The van der Waals surface area contributed by atoms with Gasteiger partial charge in [-0.15, -0.1) is 0 Å². The molecule has 0 aliphatic heterocycles. The predicted molar refractivity (Wildman–Crippen MR) is 77.8 cm³/mol. The van der Waals surface area contributed by atoms with E-state index in [0.717, 1.165) is 18.7 Å². The van der Waals surface area contributed by atoms with Crippen molar-refractivity contribution in [2.45, 2.75) is 18.4 Å². The van der Waals surface area contributed by atoms with Gasteiger partial charge in [0.25, 0.3) is 10.0 Å². The van der Waals surface area contributed by atoms with E-state index in [-0.39, 0.29) is 4.90 Å². The molecule has 0 bridgehead atoms. The molecule has 0 fully saturated rings. The maximum absolute atomic E-state index is 12.2. The number of rotatable bonds is 6. The van der Waals surface area contributed by atoms with Gasteiger partial charge in [-0.1, -0.05) is 19.1 Å². The van der Waals surface area contributed by atoms with Crippen molar-refractivity contribution in [3.63, 3.8) is 0 Å². The van der Waals surface area contributed by atoms with Crippen molar-refractivity contribution in [3.8, 4) is 0 Å². The van der Waals surface area contributed by atoms with Crippen molar-refractivity contribution < 1.29 is 8.42 Å². The molecular weight excluding hydrogens is 276 g/mol. The zero-order valence-electron chi connectivity index (χ0n) is 11.5. The SMILES string of the molecule is CCNCc1ccc(S(=O)(=O)Nc2cnn(C)c2)cc1. The van der Waals surface area contributed by atoms with Crippen molar-refractivity contribution in [1.29, 1.82) is 0 Å². The molecule has 2 N–H and O–H groups in total. The van der Waals surface area contributed by atoms with Crippen LogP contribution in [0, 0.1) is 0 Å². The van der Waals surface area contributed by atoms with E-state index >= 15 is 0 Å². The molecule has 7 heteroatoms. The van der Waals surface area contributed by atoms with E-state index in [1.807, 2.05) is 6.92 Å². The van der Waals surface area contributed by atoms with Gasteiger partial charge in [-0.2, -0.15) is 5.10 Å². The first-order valence-corrected chi connectivity index (χ1v) is 7.80. The molecule has 1 heterocycles. The fourth-order valence-electron chi connectivity index (χ4n) is 1.74. The summed E-state index contributed by atoms with van der Waals surface area (Å²) in [7, 11) is -1.83. The van der Waals surface area contributed by atoms with E-state index in [1.54, 1.807) is 37.5 Å². The molecule has 0 aliphatic rings. The number of hydrogen-bond acceptors (Lipinski definition) is 4. The molecule has 0 spiro atoms. The lowest BCUT2D eigenvalue weighted by molar-refractivity contribution is 0.601. The molecule has 0 saturated heterocycles. The highest BCUT2D eigenvalue weighted by Crippen LogP contribution is 2.15. The maximum atomic E-state index is 12.2. The minimum atomic E-state index is -3.56.